The molecule has 7 nitrogen and oxygen atoms in total. The molecule has 1 fully saturated rings. The smallest absolute Gasteiger partial charge is 0.245 e. The number of hydrogen-bond acceptors (Lipinski definition) is 5. The number of rotatable bonds is 5. The summed E-state index contributed by atoms with van der Waals surface area (Å²) in [6, 6.07) is 0. The molecule has 102 valence electrons. The van der Waals surface area contributed by atoms with Crippen molar-refractivity contribution in [2.75, 3.05) is 46.3 Å². The van der Waals surface area contributed by atoms with Crippen LogP contribution in [0.5, 0.6) is 0 Å². The Morgan fingerprint density at radius 1 is 1.44 bits per heavy atom. The van der Waals surface area contributed by atoms with Crippen molar-refractivity contribution in [1.29, 1.82) is 0 Å². The molecule has 1 aromatic rings. The quantitative estimate of drug-likeness (QED) is 0.714. The molecule has 2 N–H and O–H groups in total. The van der Waals surface area contributed by atoms with E-state index in [0.717, 1.165) is 32.7 Å². The second kappa shape index (κ2) is 5.79. The first-order chi connectivity index (χ1) is 8.60. The second-order valence-electron chi connectivity index (χ2n) is 4.35. The summed E-state index contributed by atoms with van der Waals surface area (Å²) in [4.78, 5) is 2.48. The number of aromatic nitrogens is 2. The Balaban J connectivity index is 1.89. The minimum Gasteiger partial charge on any atom is -0.314 e. The van der Waals surface area contributed by atoms with Crippen molar-refractivity contribution in [3.05, 3.63) is 12.4 Å². The number of nitrogens with one attached hydrogen (secondary N) is 2. The number of H-pyrrole nitrogens is 1. The lowest BCUT2D eigenvalue weighted by atomic mass is 10.3. The van der Waals surface area contributed by atoms with E-state index in [1.807, 2.05) is 0 Å². The minimum absolute atomic E-state index is 0.213. The summed E-state index contributed by atoms with van der Waals surface area (Å²) in [5, 5.41) is 9.46. The molecule has 1 aliphatic rings. The summed E-state index contributed by atoms with van der Waals surface area (Å²) in [5.74, 6) is 0. The highest BCUT2D eigenvalue weighted by Crippen LogP contribution is 2.11. The zero-order chi connectivity index (χ0) is 13.0. The highest BCUT2D eigenvalue weighted by atomic mass is 32.2. The summed E-state index contributed by atoms with van der Waals surface area (Å²) in [5.41, 5.74) is 0. The van der Waals surface area contributed by atoms with Crippen LogP contribution in [0.4, 0.5) is 0 Å². The van der Waals surface area contributed by atoms with Crippen LogP contribution >= 0.6 is 0 Å². The molecule has 0 amide bonds. The maximum atomic E-state index is 12.1. The van der Waals surface area contributed by atoms with Gasteiger partial charge in [0, 0.05) is 52.5 Å². The normalized spacial score (nSPS) is 18.3. The third-order valence-corrected chi connectivity index (χ3v) is 4.94. The molecule has 1 aromatic heterocycles. The van der Waals surface area contributed by atoms with E-state index in [1.165, 1.54) is 16.7 Å². The van der Waals surface area contributed by atoms with Crippen molar-refractivity contribution in [2.45, 2.75) is 4.90 Å². The fourth-order valence-electron chi connectivity index (χ4n) is 1.90. The van der Waals surface area contributed by atoms with Crippen LogP contribution in [0, 0.1) is 0 Å². The largest absolute Gasteiger partial charge is 0.314 e. The molecule has 0 aliphatic carbocycles. The van der Waals surface area contributed by atoms with Crippen LogP contribution in [0.15, 0.2) is 17.3 Å². The molecule has 8 heteroatoms. The van der Waals surface area contributed by atoms with Crippen molar-refractivity contribution >= 4 is 10.0 Å². The van der Waals surface area contributed by atoms with Gasteiger partial charge in [0.25, 0.3) is 0 Å². The van der Waals surface area contributed by atoms with E-state index in [0.29, 0.717) is 6.54 Å². The van der Waals surface area contributed by atoms with Crippen LogP contribution in [0.1, 0.15) is 0 Å². The second-order valence-corrected chi connectivity index (χ2v) is 6.40. The maximum absolute atomic E-state index is 12.1. The molecule has 1 aliphatic heterocycles. The standard InChI is InChI=1S/C10H19N5O2S/c1-14(6-7-15-4-2-11-3-5-15)18(16,17)10-8-12-13-9-10/h8-9,11H,2-7H2,1H3,(H,12,13). The summed E-state index contributed by atoms with van der Waals surface area (Å²) >= 11 is 0. The first kappa shape index (κ1) is 13.5. The molecule has 0 spiro atoms. The molecule has 0 unspecified atom stereocenters. The monoisotopic (exact) mass is 273 g/mol. The van der Waals surface area contributed by atoms with Gasteiger partial charge in [-0.05, 0) is 0 Å². The predicted octanol–water partition coefficient (Wildman–Crippen LogP) is -1.06. The van der Waals surface area contributed by atoms with Gasteiger partial charge in [-0.25, -0.2) is 8.42 Å². The molecule has 2 heterocycles. The fourth-order valence-corrected chi connectivity index (χ4v) is 2.97. The number of sulfonamides is 1. The number of nitrogens with zero attached hydrogens (tertiary/aromatic N) is 3. The van der Waals surface area contributed by atoms with Crippen LogP contribution in [0.3, 0.4) is 0 Å². The van der Waals surface area contributed by atoms with Crippen molar-refractivity contribution in [3.63, 3.8) is 0 Å². The van der Waals surface area contributed by atoms with E-state index in [1.54, 1.807) is 7.05 Å². The van der Waals surface area contributed by atoms with Crippen molar-refractivity contribution in [3.8, 4) is 0 Å². The van der Waals surface area contributed by atoms with Gasteiger partial charge >= 0.3 is 0 Å². The lowest BCUT2D eigenvalue weighted by Gasteiger charge is -2.28. The molecule has 0 aromatic carbocycles. The highest BCUT2D eigenvalue weighted by Gasteiger charge is 2.22. The molecule has 0 bridgehead atoms. The lowest BCUT2D eigenvalue weighted by Crippen LogP contribution is -2.46. The van der Waals surface area contributed by atoms with Crippen LogP contribution in [-0.2, 0) is 10.0 Å². The molecule has 2 rings (SSSR count). The molecule has 0 saturated carbocycles. The van der Waals surface area contributed by atoms with E-state index in [2.05, 4.69) is 20.4 Å². The van der Waals surface area contributed by atoms with Gasteiger partial charge in [0.1, 0.15) is 4.90 Å². The van der Waals surface area contributed by atoms with Crippen molar-refractivity contribution < 1.29 is 8.42 Å². The third kappa shape index (κ3) is 3.08. The Labute approximate surface area is 107 Å². The Morgan fingerprint density at radius 2 is 2.17 bits per heavy atom. The Bertz CT molecular complexity index is 453. The number of likely N-dealkylation sites (N-methyl/N-ethyl adjacent to an activating group) is 1. The van der Waals surface area contributed by atoms with Crippen LogP contribution < -0.4 is 5.32 Å². The van der Waals surface area contributed by atoms with Crippen LogP contribution in [0.25, 0.3) is 0 Å². The summed E-state index contributed by atoms with van der Waals surface area (Å²) < 4.78 is 25.6. The van der Waals surface area contributed by atoms with E-state index in [4.69, 9.17) is 0 Å². The molecule has 0 atom stereocenters. The van der Waals surface area contributed by atoms with Gasteiger partial charge in [-0.3, -0.25) is 10.00 Å². The van der Waals surface area contributed by atoms with Gasteiger partial charge in [0.05, 0.1) is 6.20 Å². The molecular formula is C10H19N5O2S. The minimum atomic E-state index is -3.40. The molecule has 0 radical (unpaired) electrons. The summed E-state index contributed by atoms with van der Waals surface area (Å²) in [6.07, 6.45) is 2.73. The maximum Gasteiger partial charge on any atom is 0.245 e. The zero-order valence-corrected chi connectivity index (χ0v) is 11.3. The highest BCUT2D eigenvalue weighted by molar-refractivity contribution is 7.89. The SMILES string of the molecule is CN(CCN1CCNCC1)S(=O)(=O)c1cn[nH]c1. The van der Waals surface area contributed by atoms with Gasteiger partial charge < -0.3 is 5.32 Å². The predicted molar refractivity (Wildman–Crippen MR) is 67.7 cm³/mol. The first-order valence-electron chi connectivity index (χ1n) is 5.99. The van der Waals surface area contributed by atoms with Gasteiger partial charge in [-0.2, -0.15) is 9.40 Å². The fraction of sp³-hybridized carbons (Fsp3) is 0.700. The molecule has 18 heavy (non-hydrogen) atoms. The van der Waals surface area contributed by atoms with Crippen molar-refractivity contribution in [1.82, 2.24) is 24.7 Å². The van der Waals surface area contributed by atoms with E-state index < -0.39 is 10.0 Å². The Hall–Kier alpha value is -0.960. The first-order valence-corrected chi connectivity index (χ1v) is 7.43. The number of piperazine rings is 1. The number of hydrogen-bond donors (Lipinski definition) is 2. The molecule has 1 saturated heterocycles. The Kier molecular flexibility index (Phi) is 4.33. The van der Waals surface area contributed by atoms with Gasteiger partial charge in [0.15, 0.2) is 0 Å². The Morgan fingerprint density at radius 3 is 2.78 bits per heavy atom. The van der Waals surface area contributed by atoms with Gasteiger partial charge in [-0.1, -0.05) is 0 Å². The molecular weight excluding hydrogens is 254 g/mol. The van der Waals surface area contributed by atoms with Crippen LogP contribution in [-0.4, -0.2) is 74.1 Å². The van der Waals surface area contributed by atoms with Gasteiger partial charge in [0.2, 0.25) is 10.0 Å². The third-order valence-electron chi connectivity index (χ3n) is 3.12. The summed E-state index contributed by atoms with van der Waals surface area (Å²) in [7, 11) is -1.80. The lowest BCUT2D eigenvalue weighted by molar-refractivity contribution is 0.229. The average Bonchev–Trinajstić information content (AvgIpc) is 2.91. The zero-order valence-electron chi connectivity index (χ0n) is 10.5. The van der Waals surface area contributed by atoms with Crippen LogP contribution in [0.2, 0.25) is 0 Å². The van der Waals surface area contributed by atoms with Crippen molar-refractivity contribution in [2.24, 2.45) is 0 Å². The van der Waals surface area contributed by atoms with Gasteiger partial charge in [-0.15, -0.1) is 0 Å². The van der Waals surface area contributed by atoms with E-state index in [-0.39, 0.29) is 4.90 Å². The van der Waals surface area contributed by atoms with E-state index in [9.17, 15) is 8.42 Å². The van der Waals surface area contributed by atoms with E-state index >= 15 is 0 Å². The average molecular weight is 273 g/mol. The number of aromatic amines is 1. The topological polar surface area (TPSA) is 81.3 Å². The summed E-state index contributed by atoms with van der Waals surface area (Å²) in [6.45, 7) is 5.14.